The molecule has 1 N–H and O–H groups in total. The average molecular weight is 267 g/mol. The van der Waals surface area contributed by atoms with Gasteiger partial charge >= 0.3 is 5.97 Å². The molecular weight excluding hydrogens is 254 g/mol. The fraction of sp³-hybridized carbons (Fsp3) is 0.133. The predicted octanol–water partition coefficient (Wildman–Crippen LogP) is 4.18. The van der Waals surface area contributed by atoms with E-state index in [1.165, 1.54) is 0 Å². The third-order valence-corrected chi connectivity index (χ3v) is 2.96. The fourth-order valence-corrected chi connectivity index (χ4v) is 1.98. The maximum atomic E-state index is 10.8. The Morgan fingerprint density at radius 2 is 1.70 bits per heavy atom. The highest BCUT2D eigenvalue weighted by molar-refractivity contribution is 5.68. The molecule has 2 rings (SSSR count). The molecule has 0 aromatic heterocycles. The van der Waals surface area contributed by atoms with Crippen molar-refractivity contribution >= 4 is 5.97 Å². The number of carboxylic acids is 1. The molecule has 0 amide bonds. The predicted molar refractivity (Wildman–Crippen MR) is 76.0 cm³/mol. The molecule has 5 nitrogen and oxygen atoms in total. The van der Waals surface area contributed by atoms with E-state index in [9.17, 15) is 4.79 Å². The standard InChI is InChI=1S/C15H13N3O2/c16-18-17-14(10-15(19)20)13-8-6-12(7-9-13)11-4-2-1-3-5-11/h1-9,14H,10H2,(H,19,20). The topological polar surface area (TPSA) is 86.1 Å². The molecule has 0 aliphatic carbocycles. The molecule has 0 aliphatic heterocycles. The summed E-state index contributed by atoms with van der Waals surface area (Å²) >= 11 is 0. The van der Waals surface area contributed by atoms with Crippen LogP contribution >= 0.6 is 0 Å². The molecule has 0 fully saturated rings. The molecular formula is C15H13N3O2. The van der Waals surface area contributed by atoms with Gasteiger partial charge in [0.25, 0.3) is 0 Å². The Balaban J connectivity index is 2.26. The van der Waals surface area contributed by atoms with E-state index in [0.29, 0.717) is 5.56 Å². The summed E-state index contributed by atoms with van der Waals surface area (Å²) in [5.74, 6) is -0.991. The van der Waals surface area contributed by atoms with Gasteiger partial charge in [-0.1, -0.05) is 59.7 Å². The van der Waals surface area contributed by atoms with Crippen LogP contribution < -0.4 is 0 Å². The largest absolute Gasteiger partial charge is 0.481 e. The van der Waals surface area contributed by atoms with Crippen molar-refractivity contribution < 1.29 is 9.90 Å². The zero-order valence-electron chi connectivity index (χ0n) is 10.7. The Labute approximate surface area is 116 Å². The van der Waals surface area contributed by atoms with Gasteiger partial charge in [0.15, 0.2) is 0 Å². The van der Waals surface area contributed by atoms with Gasteiger partial charge in [-0.15, -0.1) is 0 Å². The van der Waals surface area contributed by atoms with Crippen LogP contribution in [0.4, 0.5) is 0 Å². The van der Waals surface area contributed by atoms with Gasteiger partial charge < -0.3 is 5.11 Å². The van der Waals surface area contributed by atoms with Crippen molar-refractivity contribution in [2.75, 3.05) is 0 Å². The number of benzene rings is 2. The molecule has 0 aliphatic rings. The van der Waals surface area contributed by atoms with E-state index in [4.69, 9.17) is 10.6 Å². The van der Waals surface area contributed by atoms with Crippen molar-refractivity contribution in [3.8, 4) is 11.1 Å². The molecule has 100 valence electrons. The van der Waals surface area contributed by atoms with Crippen LogP contribution in [0.15, 0.2) is 59.7 Å². The maximum absolute atomic E-state index is 10.8. The molecule has 2 aromatic rings. The van der Waals surface area contributed by atoms with Gasteiger partial charge in [-0.05, 0) is 22.2 Å². The number of carbonyl (C=O) groups is 1. The minimum atomic E-state index is -0.991. The first-order valence-corrected chi connectivity index (χ1v) is 6.12. The van der Waals surface area contributed by atoms with Crippen molar-refractivity contribution in [1.29, 1.82) is 0 Å². The first-order valence-electron chi connectivity index (χ1n) is 6.12. The van der Waals surface area contributed by atoms with Crippen molar-refractivity contribution in [1.82, 2.24) is 0 Å². The highest BCUT2D eigenvalue weighted by atomic mass is 16.4. The van der Waals surface area contributed by atoms with Crippen LogP contribution in [0.1, 0.15) is 18.0 Å². The van der Waals surface area contributed by atoms with E-state index in [-0.39, 0.29) is 6.42 Å². The SMILES string of the molecule is [N-]=[N+]=NC(CC(=O)O)c1ccc(-c2ccccc2)cc1. The van der Waals surface area contributed by atoms with Gasteiger partial charge in [0.1, 0.15) is 0 Å². The second-order valence-electron chi connectivity index (χ2n) is 4.31. The summed E-state index contributed by atoms with van der Waals surface area (Å²) in [5, 5.41) is 12.4. The highest BCUT2D eigenvalue weighted by Gasteiger charge is 2.13. The summed E-state index contributed by atoms with van der Waals surface area (Å²) in [6.07, 6.45) is -0.214. The summed E-state index contributed by atoms with van der Waals surface area (Å²) in [4.78, 5) is 13.5. The van der Waals surface area contributed by atoms with Crippen LogP contribution in [0, 0.1) is 0 Å². The molecule has 0 spiro atoms. The lowest BCUT2D eigenvalue weighted by molar-refractivity contribution is -0.137. The van der Waals surface area contributed by atoms with Gasteiger partial charge in [0, 0.05) is 4.91 Å². The van der Waals surface area contributed by atoms with E-state index < -0.39 is 12.0 Å². The summed E-state index contributed by atoms with van der Waals surface area (Å²) in [6, 6.07) is 16.6. The zero-order chi connectivity index (χ0) is 14.4. The van der Waals surface area contributed by atoms with Crippen molar-refractivity contribution in [2.24, 2.45) is 5.11 Å². The Morgan fingerprint density at radius 3 is 2.25 bits per heavy atom. The molecule has 5 heteroatoms. The van der Waals surface area contributed by atoms with Gasteiger partial charge in [-0.3, -0.25) is 4.79 Å². The molecule has 1 unspecified atom stereocenters. The Kier molecular flexibility index (Phi) is 4.37. The van der Waals surface area contributed by atoms with Crippen molar-refractivity contribution in [3.63, 3.8) is 0 Å². The lowest BCUT2D eigenvalue weighted by Crippen LogP contribution is -2.03. The van der Waals surface area contributed by atoms with Crippen LogP contribution in [0.2, 0.25) is 0 Å². The number of nitrogens with zero attached hydrogens (tertiary/aromatic N) is 3. The Bertz CT molecular complexity index is 632. The monoisotopic (exact) mass is 267 g/mol. The average Bonchev–Trinajstić information content (AvgIpc) is 2.47. The maximum Gasteiger partial charge on any atom is 0.304 e. The molecule has 0 heterocycles. The van der Waals surface area contributed by atoms with E-state index in [1.807, 2.05) is 42.5 Å². The van der Waals surface area contributed by atoms with E-state index in [2.05, 4.69) is 10.0 Å². The summed E-state index contributed by atoms with van der Waals surface area (Å²) in [5.41, 5.74) is 11.3. The first kappa shape index (κ1) is 13.6. The lowest BCUT2D eigenvalue weighted by atomic mass is 10.00. The number of hydrogen-bond donors (Lipinski definition) is 1. The third kappa shape index (κ3) is 3.37. The summed E-state index contributed by atoms with van der Waals surface area (Å²) in [6.45, 7) is 0. The third-order valence-electron chi connectivity index (χ3n) is 2.96. The van der Waals surface area contributed by atoms with Gasteiger partial charge in [0.05, 0.1) is 12.5 Å². The lowest BCUT2D eigenvalue weighted by Gasteiger charge is -2.10. The molecule has 0 radical (unpaired) electrons. The van der Waals surface area contributed by atoms with Gasteiger partial charge in [-0.2, -0.15) is 0 Å². The molecule has 0 saturated heterocycles. The van der Waals surface area contributed by atoms with Crippen LogP contribution in [0.25, 0.3) is 21.6 Å². The van der Waals surface area contributed by atoms with Crippen LogP contribution in [0.3, 0.4) is 0 Å². The Hall–Kier alpha value is -2.78. The van der Waals surface area contributed by atoms with Gasteiger partial charge in [-0.25, -0.2) is 0 Å². The van der Waals surface area contributed by atoms with Crippen LogP contribution in [-0.4, -0.2) is 11.1 Å². The summed E-state index contributed by atoms with van der Waals surface area (Å²) < 4.78 is 0. The van der Waals surface area contributed by atoms with Gasteiger partial charge in [0.2, 0.25) is 0 Å². The zero-order valence-corrected chi connectivity index (χ0v) is 10.7. The quantitative estimate of drug-likeness (QED) is 0.500. The van der Waals surface area contributed by atoms with Crippen molar-refractivity contribution in [3.05, 3.63) is 70.6 Å². The molecule has 20 heavy (non-hydrogen) atoms. The second kappa shape index (κ2) is 6.41. The fourth-order valence-electron chi connectivity index (χ4n) is 1.98. The number of carboxylic acid groups (broad SMARTS) is 1. The van der Waals surface area contributed by atoms with E-state index in [1.54, 1.807) is 12.1 Å². The number of hydrogen-bond acceptors (Lipinski definition) is 2. The smallest absolute Gasteiger partial charge is 0.304 e. The minimum Gasteiger partial charge on any atom is -0.481 e. The van der Waals surface area contributed by atoms with E-state index in [0.717, 1.165) is 11.1 Å². The van der Waals surface area contributed by atoms with Crippen molar-refractivity contribution in [2.45, 2.75) is 12.5 Å². The number of azide groups is 1. The Morgan fingerprint density at radius 1 is 1.10 bits per heavy atom. The molecule has 1 atom stereocenters. The van der Waals surface area contributed by atoms with E-state index >= 15 is 0 Å². The van der Waals surface area contributed by atoms with Crippen LogP contribution in [0.5, 0.6) is 0 Å². The normalized spacial score (nSPS) is 11.4. The second-order valence-corrected chi connectivity index (χ2v) is 4.31. The first-order chi connectivity index (χ1) is 9.70. The number of aliphatic carboxylic acids is 1. The molecule has 0 bridgehead atoms. The van der Waals surface area contributed by atoms with Crippen LogP contribution in [-0.2, 0) is 4.79 Å². The highest BCUT2D eigenvalue weighted by Crippen LogP contribution is 2.25. The molecule has 2 aromatic carbocycles. The summed E-state index contributed by atoms with van der Waals surface area (Å²) in [7, 11) is 0. The minimum absolute atomic E-state index is 0.214. The number of rotatable bonds is 5. The molecule has 0 saturated carbocycles.